The minimum Gasteiger partial charge on any atom is -0.508 e. The number of esters is 1. The van der Waals surface area contributed by atoms with Gasteiger partial charge in [0.2, 0.25) is 59.3 Å². The highest BCUT2D eigenvalue weighted by molar-refractivity contribution is 6.32. The average molecular weight is 1980 g/mol. The molecule has 23 N–H and O–H groups in total. The summed E-state index contributed by atoms with van der Waals surface area (Å²) in [5.41, 5.74) is 7.29. The van der Waals surface area contributed by atoms with Crippen LogP contribution >= 0.6 is 34.8 Å². The van der Waals surface area contributed by atoms with E-state index in [9.17, 15) is 79.8 Å². The molecule has 0 aromatic heterocycles. The summed E-state index contributed by atoms with van der Waals surface area (Å²) in [6.45, 7) is 11.4. The van der Waals surface area contributed by atoms with Crippen LogP contribution in [-0.4, -0.2) is 239 Å². The SMILES string of the molecule is CNC(CC(C)C)C(=O)NC1C(=O)NC(CC(N)=O)C(=O)NC2C(=O)NC3C(=O)NC(C(=O)NC(C(=O)O)c4cc(O)cc(O)c4-c4cc3ccc4O)C(OC3CC(C)(N)C(O)C(C)O3)c3ccc(c(Cl)c3)Oc3cc2cc(c3OC2OC(COC(=O)C(C)(C)CC(=O)NC(O)C=O)C(O)C(O)C2OC2CC(C)(NCc3ccc(-c4ccc(Cl)cc4)cc3)C(O)C(C)O2)Oc2ccc(cc2Cl)C1O. The van der Waals surface area contributed by atoms with Gasteiger partial charge in [0.25, 0.3) is 0 Å². The normalized spacial score (nSPS) is 28.3. The highest BCUT2D eigenvalue weighted by atomic mass is 35.5. The second-order valence-electron chi connectivity index (χ2n) is 36.3. The predicted octanol–water partition coefficient (Wildman–Crippen LogP) is 4.10. The largest absolute Gasteiger partial charge is 0.508 e. The van der Waals surface area contributed by atoms with Gasteiger partial charge in [0.1, 0.15) is 96.1 Å². The fourth-order valence-corrected chi connectivity index (χ4v) is 17.8. The molecule has 740 valence electrons. The van der Waals surface area contributed by atoms with Crippen molar-refractivity contribution in [3.8, 4) is 68.2 Å². The number of nitrogens with one attached hydrogen (secondary N) is 9. The van der Waals surface area contributed by atoms with Crippen LogP contribution in [0.4, 0.5) is 0 Å². The average Bonchev–Trinajstić information content (AvgIpc) is 0.779. The number of fused-ring (bicyclic) bond motifs is 15. The summed E-state index contributed by atoms with van der Waals surface area (Å²) in [4.78, 5) is 161. The van der Waals surface area contributed by atoms with Gasteiger partial charge < -0.3 is 153 Å². The first-order valence-electron chi connectivity index (χ1n) is 44.0. The number of carboxylic acids is 1. The molecule has 44 heteroatoms. The minimum atomic E-state index is -2.48. The van der Waals surface area contributed by atoms with Gasteiger partial charge in [-0.1, -0.05) is 103 Å². The number of hydrogen-bond donors (Lipinski definition) is 21. The summed E-state index contributed by atoms with van der Waals surface area (Å²) in [7, 11) is 1.46. The van der Waals surface area contributed by atoms with Crippen LogP contribution in [0.15, 0.2) is 127 Å². The van der Waals surface area contributed by atoms with E-state index in [1.165, 1.54) is 53.8 Å². The Morgan fingerprint density at radius 2 is 1.25 bits per heavy atom. The van der Waals surface area contributed by atoms with Crippen molar-refractivity contribution < 1.29 is 146 Å². The van der Waals surface area contributed by atoms with E-state index >= 15 is 24.0 Å². The zero-order valence-corrected chi connectivity index (χ0v) is 78.0. The van der Waals surface area contributed by atoms with Crippen LogP contribution in [0, 0.1) is 11.3 Å². The summed E-state index contributed by atoms with van der Waals surface area (Å²) in [5, 5.41) is 141. The molecule has 3 saturated heterocycles. The number of likely N-dealkylation sites (N-methyl/N-ethyl adjacent to an activating group) is 1. The van der Waals surface area contributed by atoms with Gasteiger partial charge in [-0.25, -0.2) is 4.79 Å². The van der Waals surface area contributed by atoms with Crippen molar-refractivity contribution in [3.05, 3.63) is 176 Å². The third-order valence-electron chi connectivity index (χ3n) is 24.7. The Morgan fingerprint density at radius 3 is 1.86 bits per heavy atom. The second kappa shape index (κ2) is 42.8. The number of phenolic OH excluding ortho intramolecular Hbond substituents is 3. The van der Waals surface area contributed by atoms with Crippen LogP contribution in [0.25, 0.3) is 22.3 Å². The first-order chi connectivity index (χ1) is 65.1. The van der Waals surface area contributed by atoms with Crippen LogP contribution in [0.2, 0.25) is 15.1 Å². The van der Waals surface area contributed by atoms with E-state index in [1.54, 1.807) is 32.9 Å². The van der Waals surface area contributed by atoms with E-state index < -0.39 is 314 Å². The molecular weight excluding hydrogens is 1870 g/mol. The number of aliphatic carboxylic acids is 1. The van der Waals surface area contributed by atoms with Crippen molar-refractivity contribution in [2.45, 2.75) is 234 Å². The standard InChI is InChI=1S/C94H108Cl3N11O30/c1-39(2)24-55(100-9)83(121)107-73-75(116)46-17-22-59(53(96)26-46)133-61-28-48-29-62(79(61)138-90-80(77(118)76(117)63(135-90)38-130-91(129)92(5,6)33-65(114)103-66(115)37-109)137-68-35-94(8,82(120)41(4)132-68)101-36-42-10-12-43(13-11-42)44-14-19-49(95)20-15-44)134-60-23-18-47(27-54(60)97)78(136-67-34-93(7,99)81(119)40(3)131-67)74-88(126)106-72(89(127)128)52-30-50(110)31-58(112)69(52)51-25-45(16-21-57(51)111)70(85(123)108-74)105-86(124)71(48)104-84(122)56(32-64(98)113)102-87(73)125/h10-23,25-31,37,39-41,55-56,63,66-68,70-78,80-82,90,100-101,110-112,115-120H,24,32-36,38,99H2,1-9H3,(H2,98,113)(H,102,125)(H,103,114)(H,104,122)(H,105,124)(H,106,126)(H,107,121)(H,108,123)(H,127,128). The van der Waals surface area contributed by atoms with Gasteiger partial charge in [-0.2, -0.15) is 0 Å². The number of aliphatic hydroxyl groups is 6. The summed E-state index contributed by atoms with van der Waals surface area (Å²) in [6, 6.07) is 13.4. The van der Waals surface area contributed by atoms with Crippen molar-refractivity contribution in [1.82, 2.24) is 47.9 Å². The number of aldehydes is 1. The molecule has 0 spiro atoms. The molecule has 7 aromatic rings. The molecule has 41 nitrogen and oxygen atoms in total. The number of rotatable bonds is 25. The van der Waals surface area contributed by atoms with Crippen LogP contribution in [0.3, 0.4) is 0 Å². The van der Waals surface area contributed by atoms with Crippen molar-refractivity contribution in [2.75, 3.05) is 13.7 Å². The molecule has 23 unspecified atom stereocenters. The highest BCUT2D eigenvalue weighted by Gasteiger charge is 2.54. The quantitative estimate of drug-likeness (QED) is 0.0218. The number of aromatic hydroxyl groups is 3. The first-order valence-corrected chi connectivity index (χ1v) is 45.1. The lowest BCUT2D eigenvalue weighted by Gasteiger charge is -2.48. The van der Waals surface area contributed by atoms with E-state index in [0.29, 0.717) is 5.02 Å². The molecule has 3 fully saturated rings. The number of aliphatic hydroxyl groups excluding tert-OH is 6. The molecule has 8 aliphatic rings. The van der Waals surface area contributed by atoms with E-state index in [4.69, 9.17) is 88.9 Å². The van der Waals surface area contributed by atoms with Crippen molar-refractivity contribution >= 4 is 100 Å². The number of primary amides is 1. The number of phenols is 3. The Bertz CT molecular complexity index is 5790. The number of amides is 8. The maximum Gasteiger partial charge on any atom is 0.330 e. The molecule has 15 rings (SSSR count). The molecule has 8 aliphatic heterocycles. The van der Waals surface area contributed by atoms with Gasteiger partial charge in [-0.3, -0.25) is 47.9 Å². The third kappa shape index (κ3) is 23.4. The van der Waals surface area contributed by atoms with Crippen LogP contribution in [-0.2, 0) is 87.7 Å². The number of ether oxygens (including phenoxy) is 9. The monoisotopic (exact) mass is 1980 g/mol. The number of halogens is 3. The Balaban J connectivity index is 1.04. The zero-order valence-electron chi connectivity index (χ0n) is 75.8. The Labute approximate surface area is 804 Å². The van der Waals surface area contributed by atoms with Crippen molar-refractivity contribution in [3.63, 3.8) is 0 Å². The van der Waals surface area contributed by atoms with Gasteiger partial charge in [0, 0.05) is 64.7 Å². The van der Waals surface area contributed by atoms with Gasteiger partial charge in [0.05, 0.1) is 52.3 Å². The summed E-state index contributed by atoms with van der Waals surface area (Å²) in [6.07, 6.45) is -27.4. The maximum atomic E-state index is 16.7. The van der Waals surface area contributed by atoms with E-state index in [0.717, 1.165) is 83.4 Å². The number of nitrogens with two attached hydrogens (primary N) is 2. The van der Waals surface area contributed by atoms with Crippen LogP contribution < -0.4 is 73.5 Å². The fraction of sp³-hybridized carbons (Fsp3) is 0.436. The maximum absolute atomic E-state index is 16.7. The number of carbonyl (C=O) groups is 11. The Morgan fingerprint density at radius 1 is 0.659 bits per heavy atom. The van der Waals surface area contributed by atoms with Gasteiger partial charge in [-0.15, -0.1) is 0 Å². The number of carbonyl (C=O) groups excluding carboxylic acids is 10. The van der Waals surface area contributed by atoms with E-state index in [2.05, 4.69) is 42.5 Å². The first kappa shape index (κ1) is 103. The molecule has 0 saturated carbocycles. The number of carboxylic acid groups (broad SMARTS) is 1. The van der Waals surface area contributed by atoms with Crippen LogP contribution in [0.5, 0.6) is 46.0 Å². The van der Waals surface area contributed by atoms with E-state index in [1.807, 2.05) is 41.7 Å². The number of hydrogen-bond acceptors (Lipinski definition) is 32. The minimum absolute atomic E-state index is 0.0191. The summed E-state index contributed by atoms with van der Waals surface area (Å²) in [5.74, 6) is -19.2. The smallest absolute Gasteiger partial charge is 0.330 e. The molecule has 138 heavy (non-hydrogen) atoms. The predicted molar refractivity (Wildman–Crippen MR) is 488 cm³/mol. The van der Waals surface area contributed by atoms with E-state index in [-0.39, 0.29) is 42.7 Å². The van der Waals surface area contributed by atoms with Gasteiger partial charge in [0.15, 0.2) is 48.7 Å². The molecule has 7 aromatic carbocycles. The molecule has 23 atom stereocenters. The van der Waals surface area contributed by atoms with Crippen molar-refractivity contribution in [1.29, 1.82) is 0 Å². The van der Waals surface area contributed by atoms with Gasteiger partial charge in [-0.05, 0) is 167 Å². The van der Waals surface area contributed by atoms with Crippen molar-refractivity contribution in [2.24, 2.45) is 22.8 Å². The molecule has 0 radical (unpaired) electrons. The Kier molecular flexibility index (Phi) is 32.1. The fourth-order valence-electron chi connectivity index (χ4n) is 17.2. The molecular formula is C94H108Cl3N11O30. The second-order valence-corrected chi connectivity index (χ2v) is 37.6. The topological polar surface area (TPSA) is 633 Å². The molecule has 0 aliphatic carbocycles. The highest BCUT2D eigenvalue weighted by Crippen LogP contribution is 2.51. The molecule has 8 amide bonds. The summed E-state index contributed by atoms with van der Waals surface area (Å²) < 4.78 is 59.4. The summed E-state index contributed by atoms with van der Waals surface area (Å²) >= 11 is 21.0. The lowest BCUT2D eigenvalue weighted by atomic mass is 9.84. The lowest BCUT2D eigenvalue weighted by molar-refractivity contribution is -0.335. The zero-order chi connectivity index (χ0) is 100. The lowest BCUT2D eigenvalue weighted by Crippen LogP contribution is -2.65. The van der Waals surface area contributed by atoms with Gasteiger partial charge >= 0.3 is 11.9 Å². The Hall–Kier alpha value is -12.0. The molecule has 11 bridgehead atoms. The number of benzene rings is 7. The van der Waals surface area contributed by atoms with Crippen LogP contribution in [0.1, 0.15) is 151 Å². The molecule has 8 heterocycles. The third-order valence-corrected chi connectivity index (χ3v) is 25.6.